The zero-order valence-corrected chi connectivity index (χ0v) is 15.9. The molecule has 1 aromatic rings. The molecule has 0 aliphatic carbocycles. The molecular weight excluding hydrogens is 338 g/mol. The van der Waals surface area contributed by atoms with Gasteiger partial charge in [0.1, 0.15) is 5.70 Å². The monoisotopic (exact) mass is 363 g/mol. The Morgan fingerprint density at radius 3 is 2.23 bits per heavy atom. The molecule has 0 atom stereocenters. The lowest BCUT2D eigenvalue weighted by Crippen LogP contribution is -2.41. The normalized spacial score (nSPS) is 19.1. The van der Waals surface area contributed by atoms with Crippen LogP contribution in [0.25, 0.3) is 0 Å². The smallest absolute Gasteiger partial charge is 0.354 e. The molecule has 1 aliphatic heterocycles. The lowest BCUT2D eigenvalue weighted by atomic mass is 9.90. The van der Waals surface area contributed by atoms with Crippen molar-refractivity contribution in [3.8, 4) is 0 Å². The minimum Gasteiger partial charge on any atom is -0.466 e. The summed E-state index contributed by atoms with van der Waals surface area (Å²) in [4.78, 5) is 23.3. The summed E-state index contributed by atoms with van der Waals surface area (Å²) in [6, 6.07) is 7.21. The van der Waals surface area contributed by atoms with Crippen LogP contribution in [0.5, 0.6) is 0 Å². The molecule has 0 saturated carbocycles. The van der Waals surface area contributed by atoms with Gasteiger partial charge >= 0.3 is 11.9 Å². The first-order valence-corrected chi connectivity index (χ1v) is 8.20. The summed E-state index contributed by atoms with van der Waals surface area (Å²) in [5, 5.41) is 2.87. The maximum Gasteiger partial charge on any atom is 0.354 e. The van der Waals surface area contributed by atoms with Crippen LogP contribution in [0.2, 0.25) is 0 Å². The van der Waals surface area contributed by atoms with Crippen LogP contribution >= 0.6 is 0 Å². The van der Waals surface area contributed by atoms with E-state index in [1.54, 1.807) is 18.2 Å². The average Bonchev–Trinajstić information content (AvgIpc) is 2.81. The summed E-state index contributed by atoms with van der Waals surface area (Å²) in [6.45, 7) is 7.90. The van der Waals surface area contributed by atoms with Gasteiger partial charge in [0.05, 0.1) is 31.5 Å². The summed E-state index contributed by atoms with van der Waals surface area (Å²) < 4.78 is 21.3. The van der Waals surface area contributed by atoms with E-state index in [2.05, 4.69) is 14.8 Å². The Bertz CT molecular complexity index is 706. The second-order valence-electron chi connectivity index (χ2n) is 6.91. The third-order valence-corrected chi connectivity index (χ3v) is 4.56. The van der Waals surface area contributed by atoms with Crippen LogP contribution in [0.15, 0.2) is 36.0 Å². The standard InChI is InChI=1S/C19H25NO6/c1-18(2)19(3,4)26-17(25-18)12-8-7-9-13(10-12)20-14(16(22)24-6)11-15(21)23-5/h7-11,17,20H,1-6H3/b14-11+. The lowest BCUT2D eigenvalue weighted by Gasteiger charge is -2.30. The molecule has 0 amide bonds. The Kier molecular flexibility index (Phi) is 5.73. The maximum absolute atomic E-state index is 11.9. The average molecular weight is 363 g/mol. The van der Waals surface area contributed by atoms with Crippen LogP contribution in [-0.4, -0.2) is 37.4 Å². The minimum atomic E-state index is -0.684. The van der Waals surface area contributed by atoms with Gasteiger partial charge in [0.25, 0.3) is 0 Å². The van der Waals surface area contributed by atoms with Gasteiger partial charge in [-0.2, -0.15) is 0 Å². The molecule has 0 aromatic heterocycles. The van der Waals surface area contributed by atoms with E-state index < -0.39 is 29.4 Å². The van der Waals surface area contributed by atoms with Crippen molar-refractivity contribution in [2.24, 2.45) is 0 Å². The summed E-state index contributed by atoms with van der Waals surface area (Å²) in [7, 11) is 2.46. The molecule has 1 fully saturated rings. The molecule has 7 nitrogen and oxygen atoms in total. The van der Waals surface area contributed by atoms with Crippen molar-refractivity contribution < 1.29 is 28.5 Å². The Morgan fingerprint density at radius 2 is 1.69 bits per heavy atom. The molecule has 0 unspecified atom stereocenters. The number of anilines is 1. The number of nitrogens with one attached hydrogen (secondary N) is 1. The van der Waals surface area contributed by atoms with Crippen LogP contribution in [0.4, 0.5) is 5.69 Å². The molecule has 1 heterocycles. The number of carbonyl (C=O) groups excluding carboxylic acids is 2. The molecule has 2 rings (SSSR count). The fourth-order valence-electron chi connectivity index (χ4n) is 2.33. The van der Waals surface area contributed by atoms with Crippen molar-refractivity contribution in [3.05, 3.63) is 41.6 Å². The fraction of sp³-hybridized carbons (Fsp3) is 0.474. The van der Waals surface area contributed by atoms with Gasteiger partial charge in [-0.3, -0.25) is 0 Å². The molecule has 1 saturated heterocycles. The molecule has 0 spiro atoms. The highest BCUT2D eigenvalue weighted by Gasteiger charge is 2.49. The number of rotatable bonds is 5. The van der Waals surface area contributed by atoms with Gasteiger partial charge < -0.3 is 24.3 Å². The Balaban J connectivity index is 2.25. The van der Waals surface area contributed by atoms with Crippen molar-refractivity contribution in [1.82, 2.24) is 0 Å². The third-order valence-electron chi connectivity index (χ3n) is 4.56. The second kappa shape index (κ2) is 7.47. The van der Waals surface area contributed by atoms with E-state index in [-0.39, 0.29) is 5.70 Å². The van der Waals surface area contributed by atoms with E-state index in [4.69, 9.17) is 9.47 Å². The first-order chi connectivity index (χ1) is 12.1. The predicted octanol–water partition coefficient (Wildman–Crippen LogP) is 2.93. The van der Waals surface area contributed by atoms with Crippen LogP contribution in [0.3, 0.4) is 0 Å². The van der Waals surface area contributed by atoms with E-state index in [1.165, 1.54) is 14.2 Å². The third kappa shape index (κ3) is 4.23. The summed E-state index contributed by atoms with van der Waals surface area (Å²) in [5.74, 6) is -1.35. The molecular formula is C19H25NO6. The highest BCUT2D eigenvalue weighted by atomic mass is 16.7. The summed E-state index contributed by atoms with van der Waals surface area (Å²) in [6.07, 6.45) is 0.501. The molecule has 0 bridgehead atoms. The van der Waals surface area contributed by atoms with Crippen molar-refractivity contribution in [2.75, 3.05) is 19.5 Å². The Morgan fingerprint density at radius 1 is 1.08 bits per heavy atom. The number of benzene rings is 1. The van der Waals surface area contributed by atoms with Crippen LogP contribution in [0.1, 0.15) is 39.5 Å². The Labute approximate surface area is 153 Å². The minimum absolute atomic E-state index is 0.0366. The van der Waals surface area contributed by atoms with Gasteiger partial charge in [0.2, 0.25) is 0 Å². The number of ether oxygens (including phenoxy) is 4. The molecule has 7 heteroatoms. The lowest BCUT2D eigenvalue weighted by molar-refractivity contribution is -0.138. The van der Waals surface area contributed by atoms with Crippen molar-refractivity contribution in [1.29, 1.82) is 0 Å². The summed E-state index contributed by atoms with van der Waals surface area (Å²) in [5.41, 5.74) is 0.422. The van der Waals surface area contributed by atoms with Crippen molar-refractivity contribution in [3.63, 3.8) is 0 Å². The SMILES string of the molecule is COC(=O)/C=C(/Nc1cccc(C2OC(C)(C)C(C)(C)O2)c1)C(=O)OC. The van der Waals surface area contributed by atoms with Crippen molar-refractivity contribution in [2.45, 2.75) is 45.2 Å². The zero-order valence-electron chi connectivity index (χ0n) is 15.9. The number of carbonyl (C=O) groups is 2. The molecule has 1 aromatic carbocycles. The van der Waals surface area contributed by atoms with Gasteiger partial charge in [-0.05, 0) is 39.8 Å². The van der Waals surface area contributed by atoms with Gasteiger partial charge in [-0.1, -0.05) is 12.1 Å². The molecule has 1 aliphatic rings. The van der Waals surface area contributed by atoms with E-state index in [9.17, 15) is 9.59 Å². The largest absolute Gasteiger partial charge is 0.466 e. The zero-order chi connectivity index (χ0) is 19.5. The van der Waals surface area contributed by atoms with Gasteiger partial charge in [-0.25, -0.2) is 9.59 Å². The number of methoxy groups -OCH3 is 2. The number of esters is 2. The van der Waals surface area contributed by atoms with Crippen LogP contribution in [-0.2, 0) is 28.5 Å². The number of hydrogen-bond donors (Lipinski definition) is 1. The quantitative estimate of drug-likeness (QED) is 0.636. The van der Waals surface area contributed by atoms with E-state index >= 15 is 0 Å². The molecule has 1 N–H and O–H groups in total. The second-order valence-corrected chi connectivity index (χ2v) is 6.91. The van der Waals surface area contributed by atoms with Crippen LogP contribution < -0.4 is 5.32 Å². The van der Waals surface area contributed by atoms with Crippen LogP contribution in [0, 0.1) is 0 Å². The number of hydrogen-bond acceptors (Lipinski definition) is 7. The predicted molar refractivity (Wildman–Crippen MR) is 95.2 cm³/mol. The molecule has 26 heavy (non-hydrogen) atoms. The van der Waals surface area contributed by atoms with Gasteiger partial charge in [0.15, 0.2) is 6.29 Å². The first-order valence-electron chi connectivity index (χ1n) is 8.20. The van der Waals surface area contributed by atoms with Gasteiger partial charge in [0, 0.05) is 11.3 Å². The molecule has 0 radical (unpaired) electrons. The van der Waals surface area contributed by atoms with E-state index in [0.717, 1.165) is 11.6 Å². The highest BCUT2D eigenvalue weighted by molar-refractivity contribution is 5.98. The Hall–Kier alpha value is -2.38. The summed E-state index contributed by atoms with van der Waals surface area (Å²) >= 11 is 0. The highest BCUT2D eigenvalue weighted by Crippen LogP contribution is 2.44. The van der Waals surface area contributed by atoms with Gasteiger partial charge in [-0.15, -0.1) is 0 Å². The fourth-order valence-corrected chi connectivity index (χ4v) is 2.33. The van der Waals surface area contributed by atoms with Crippen molar-refractivity contribution >= 4 is 17.6 Å². The first kappa shape index (κ1) is 19.9. The maximum atomic E-state index is 11.9. The topological polar surface area (TPSA) is 83.1 Å². The van der Waals surface area contributed by atoms with E-state index in [1.807, 2.05) is 33.8 Å². The van der Waals surface area contributed by atoms with E-state index in [0.29, 0.717) is 5.69 Å². The molecule has 142 valence electrons.